The monoisotopic (exact) mass is 1440 g/mol. The van der Waals surface area contributed by atoms with Crippen molar-refractivity contribution in [3.63, 3.8) is 0 Å². The van der Waals surface area contributed by atoms with Gasteiger partial charge >= 0.3 is 0 Å². The lowest BCUT2D eigenvalue weighted by Crippen LogP contribution is -2.43. The molecule has 3 amide bonds. The SMILES string of the molecule is CN1CCN(Cc2ccc(Nc3ncc(Cl)c(Nc4ccccc4C(=O)N(C)C)n3)cc2)CC1.CN1CCN(Cc2ccc(Nc3ncc(Cl)c(Nc4ccccc4C(=O)N4CCCC4)n3)cc2)CC1.Cc1cnc(Nc2ccc(CN3CCN(C)CC3)cc2)nc1Nc1ccccc1C(=O)N(C)C. The lowest BCUT2D eigenvalue weighted by molar-refractivity contribution is 0.0791. The van der Waals surface area contributed by atoms with E-state index in [1.807, 2.05) is 103 Å². The van der Waals surface area contributed by atoms with Gasteiger partial charge < -0.3 is 61.3 Å². The number of carbonyl (C=O) groups is 3. The van der Waals surface area contributed by atoms with Crippen molar-refractivity contribution in [1.82, 2.24) is 74.0 Å². The summed E-state index contributed by atoms with van der Waals surface area (Å²) in [6, 6.07) is 47.3. The Morgan fingerprint density at radius 2 is 0.692 bits per heavy atom. The lowest BCUT2D eigenvalue weighted by atomic mass is 10.1. The second kappa shape index (κ2) is 36.5. The summed E-state index contributed by atoms with van der Waals surface area (Å²) in [6.45, 7) is 19.7. The summed E-state index contributed by atoms with van der Waals surface area (Å²) in [5.41, 5.74) is 11.2. The molecule has 0 bridgehead atoms. The quantitative estimate of drug-likeness (QED) is 0.0393. The van der Waals surface area contributed by atoms with E-state index in [-0.39, 0.29) is 17.7 Å². The predicted molar refractivity (Wildman–Crippen MR) is 419 cm³/mol. The number of carbonyl (C=O) groups excluding carboxylic acids is 3. The molecule has 7 heterocycles. The summed E-state index contributed by atoms with van der Waals surface area (Å²) in [4.78, 5) is 84.5. The highest BCUT2D eigenvalue weighted by molar-refractivity contribution is 6.33. The first kappa shape index (κ1) is 75.3. The van der Waals surface area contributed by atoms with Crippen LogP contribution in [0, 0.1) is 6.92 Å². The third-order valence-electron chi connectivity index (χ3n) is 18.5. The number of anilines is 12. The van der Waals surface area contributed by atoms with Gasteiger partial charge in [0.25, 0.3) is 17.7 Å². The number of piperazine rings is 3. The summed E-state index contributed by atoms with van der Waals surface area (Å²) in [5.74, 6) is 2.71. The molecule has 0 radical (unpaired) electrons. The maximum Gasteiger partial charge on any atom is 0.255 e. The molecule has 544 valence electrons. The Morgan fingerprint density at radius 3 is 1.05 bits per heavy atom. The van der Waals surface area contributed by atoms with Crippen molar-refractivity contribution in [3.8, 4) is 0 Å². The van der Waals surface area contributed by atoms with E-state index in [0.717, 1.165) is 147 Å². The Kier molecular flexibility index (Phi) is 26.4. The van der Waals surface area contributed by atoms with Crippen molar-refractivity contribution in [2.24, 2.45) is 0 Å². The zero-order valence-corrected chi connectivity index (χ0v) is 62.2. The zero-order chi connectivity index (χ0) is 73.1. The molecule has 24 nitrogen and oxygen atoms in total. The second-order valence-electron chi connectivity index (χ2n) is 27.1. The smallest absolute Gasteiger partial charge is 0.255 e. The minimum atomic E-state index is -0.108. The fraction of sp³-hybridized carbons (Fsp3) is 0.346. The van der Waals surface area contributed by atoms with Crippen LogP contribution >= 0.6 is 23.2 Å². The molecular weight excluding hydrogens is 1350 g/mol. The summed E-state index contributed by atoms with van der Waals surface area (Å²) in [5, 5.41) is 20.3. The Morgan fingerprint density at radius 1 is 0.385 bits per heavy atom. The van der Waals surface area contributed by atoms with Crippen molar-refractivity contribution in [3.05, 3.63) is 213 Å². The van der Waals surface area contributed by atoms with Crippen LogP contribution in [0.25, 0.3) is 0 Å². The molecule has 26 heteroatoms. The number of nitrogens with zero attached hydrogens (tertiary/aromatic N) is 15. The minimum Gasteiger partial charge on any atom is -0.345 e. The fourth-order valence-corrected chi connectivity index (χ4v) is 12.5. The maximum atomic E-state index is 13.0. The summed E-state index contributed by atoms with van der Waals surface area (Å²) >= 11 is 12.8. The number of likely N-dealkylation sites (tertiary alicyclic amines) is 1. The van der Waals surface area contributed by atoms with E-state index >= 15 is 0 Å². The van der Waals surface area contributed by atoms with Gasteiger partial charge in [-0.05, 0) is 130 Å². The van der Waals surface area contributed by atoms with Crippen LogP contribution in [0.5, 0.6) is 0 Å². The molecule has 13 rings (SSSR count). The van der Waals surface area contributed by atoms with Crippen LogP contribution in [-0.2, 0) is 19.6 Å². The van der Waals surface area contributed by atoms with Crippen LogP contribution in [0.3, 0.4) is 0 Å². The van der Waals surface area contributed by atoms with E-state index in [0.29, 0.717) is 79.1 Å². The number of amides is 3. The lowest BCUT2D eigenvalue weighted by Gasteiger charge is -2.32. The average molecular weight is 1450 g/mol. The molecule has 0 spiro atoms. The fourth-order valence-electron chi connectivity index (χ4n) is 12.2. The van der Waals surface area contributed by atoms with E-state index in [2.05, 4.69) is 161 Å². The third-order valence-corrected chi connectivity index (χ3v) is 19.1. The van der Waals surface area contributed by atoms with Gasteiger partial charge in [-0.3, -0.25) is 29.1 Å². The van der Waals surface area contributed by atoms with Gasteiger partial charge in [-0.2, -0.15) is 15.0 Å². The highest BCUT2D eigenvalue weighted by Crippen LogP contribution is 2.32. The van der Waals surface area contributed by atoms with Gasteiger partial charge in [-0.1, -0.05) is 96.0 Å². The molecule has 4 fully saturated rings. The Balaban J connectivity index is 0.000000156. The number of halogens is 2. The van der Waals surface area contributed by atoms with Crippen molar-refractivity contribution < 1.29 is 14.4 Å². The van der Waals surface area contributed by atoms with Gasteiger partial charge in [0.05, 0.1) is 46.1 Å². The molecule has 4 saturated heterocycles. The summed E-state index contributed by atoms with van der Waals surface area (Å²) in [6.07, 6.45) is 6.97. The van der Waals surface area contributed by atoms with Crippen LogP contribution in [0.2, 0.25) is 10.0 Å². The Labute approximate surface area is 620 Å². The van der Waals surface area contributed by atoms with E-state index in [4.69, 9.17) is 23.2 Å². The van der Waals surface area contributed by atoms with Crippen LogP contribution in [-0.4, -0.2) is 233 Å². The van der Waals surface area contributed by atoms with Crippen LogP contribution in [0.4, 0.5) is 69.4 Å². The van der Waals surface area contributed by atoms with Crippen molar-refractivity contribution in [2.45, 2.75) is 39.4 Å². The number of hydrogen-bond acceptors (Lipinski definition) is 21. The molecule has 0 atom stereocenters. The van der Waals surface area contributed by atoms with Crippen molar-refractivity contribution in [1.29, 1.82) is 0 Å². The maximum absolute atomic E-state index is 13.0. The zero-order valence-electron chi connectivity index (χ0n) is 60.7. The molecule has 0 unspecified atom stereocenters. The highest BCUT2D eigenvalue weighted by Gasteiger charge is 2.24. The van der Waals surface area contributed by atoms with Gasteiger partial charge in [0.15, 0.2) is 11.6 Å². The van der Waals surface area contributed by atoms with Crippen LogP contribution in [0.15, 0.2) is 164 Å². The number of rotatable bonds is 21. The average Bonchev–Trinajstić information content (AvgIpc) is 1.23. The first-order chi connectivity index (χ1) is 50.3. The predicted octanol–water partition coefficient (Wildman–Crippen LogP) is 12.4. The van der Waals surface area contributed by atoms with Crippen molar-refractivity contribution in [2.75, 3.05) is 173 Å². The number of nitrogens with one attached hydrogen (secondary N) is 6. The summed E-state index contributed by atoms with van der Waals surface area (Å²) in [7, 11) is 13.4. The molecular formula is C78H95Cl2N21O3. The highest BCUT2D eigenvalue weighted by atomic mass is 35.5. The number of likely N-dealkylation sites (N-methyl/N-ethyl adjacent to an activating group) is 3. The molecule has 9 aromatic rings. The Bertz CT molecular complexity index is 4130. The molecule has 6 aromatic carbocycles. The van der Waals surface area contributed by atoms with E-state index in [9.17, 15) is 14.4 Å². The third kappa shape index (κ3) is 21.4. The topological polar surface area (TPSA) is 230 Å². The normalized spacial score (nSPS) is 15.3. The number of para-hydroxylation sites is 3. The van der Waals surface area contributed by atoms with Gasteiger partial charge in [0, 0.05) is 168 Å². The number of aromatic nitrogens is 6. The Hall–Kier alpha value is -9.89. The standard InChI is InChI=1S/C27H32ClN7O.C26H33N7O.C25H30ClN7O/c1-33-14-16-34(17-15-33)19-20-8-10-21(11-9-20)30-27-29-18-23(28)25(32-27)31-24-7-3-2-6-22(24)26(36)35-12-4-5-13-35;1-19-17-27-26(30-24(19)29-23-8-6-5-7-22(23)25(34)31(2)3)28-21-11-9-20(10-12-21)18-33-15-13-32(4)14-16-33;1-31(2)24(34)20-6-4-5-7-22(20)29-23-21(26)16-27-25(30-23)28-19-10-8-18(9-11-19)17-33-14-12-32(3)13-15-33/h2-3,6-11,18H,4-5,12-17,19H2,1H3,(H2,29,30,31,32);5-12,17H,13-16,18H2,1-4H3,(H2,27,28,29,30);4-11,16H,12-15,17H2,1-3H3,(H2,27,28,29,30). The molecule has 0 aliphatic carbocycles. The number of benzene rings is 6. The van der Waals surface area contributed by atoms with E-state index < -0.39 is 0 Å². The molecule has 6 N–H and O–H groups in total. The molecule has 3 aromatic heterocycles. The van der Waals surface area contributed by atoms with Crippen LogP contribution < -0.4 is 31.9 Å². The van der Waals surface area contributed by atoms with Gasteiger partial charge in [-0.25, -0.2) is 15.0 Å². The van der Waals surface area contributed by atoms with Gasteiger partial charge in [0.2, 0.25) is 17.8 Å². The van der Waals surface area contributed by atoms with E-state index in [1.165, 1.54) is 27.8 Å². The minimum absolute atomic E-state index is 0.0239. The van der Waals surface area contributed by atoms with Gasteiger partial charge in [-0.15, -0.1) is 0 Å². The van der Waals surface area contributed by atoms with Crippen molar-refractivity contribution >= 4 is 110 Å². The second-order valence-corrected chi connectivity index (χ2v) is 27.9. The number of aryl methyl sites for hydroxylation is 1. The van der Waals surface area contributed by atoms with E-state index in [1.54, 1.807) is 51.6 Å². The van der Waals surface area contributed by atoms with Crippen LogP contribution in [0.1, 0.15) is 66.2 Å². The molecule has 4 aliphatic heterocycles. The molecule has 0 saturated carbocycles. The first-order valence-electron chi connectivity index (χ1n) is 35.3. The molecule has 104 heavy (non-hydrogen) atoms. The summed E-state index contributed by atoms with van der Waals surface area (Å²) < 4.78 is 0. The number of hydrogen-bond donors (Lipinski definition) is 6. The van der Waals surface area contributed by atoms with Gasteiger partial charge in [0.1, 0.15) is 15.9 Å². The largest absolute Gasteiger partial charge is 0.345 e. The molecule has 4 aliphatic rings. The first-order valence-corrected chi connectivity index (χ1v) is 36.1.